The molecule has 0 aromatic rings. The Labute approximate surface area is 72.6 Å². The van der Waals surface area contributed by atoms with Gasteiger partial charge in [0.2, 0.25) is 0 Å². The van der Waals surface area contributed by atoms with Gasteiger partial charge in [-0.1, -0.05) is 0 Å². The Bertz CT molecular complexity index is 202. The SMILES string of the molecule is COC(C/C(C)=C(\N)C#N)OC. The summed E-state index contributed by atoms with van der Waals surface area (Å²) in [6.07, 6.45) is 0.198. The number of nitrogens with zero attached hydrogens (tertiary/aromatic N) is 1. The average molecular weight is 170 g/mol. The maximum atomic E-state index is 8.45. The predicted molar refractivity (Wildman–Crippen MR) is 44.9 cm³/mol. The van der Waals surface area contributed by atoms with Crippen LogP contribution in [0.25, 0.3) is 0 Å². The summed E-state index contributed by atoms with van der Waals surface area (Å²) >= 11 is 0. The summed E-state index contributed by atoms with van der Waals surface area (Å²) < 4.78 is 9.89. The van der Waals surface area contributed by atoms with E-state index in [1.54, 1.807) is 21.1 Å². The van der Waals surface area contributed by atoms with Crippen molar-refractivity contribution in [2.75, 3.05) is 14.2 Å². The van der Waals surface area contributed by atoms with Crippen LogP contribution >= 0.6 is 0 Å². The quantitative estimate of drug-likeness (QED) is 0.499. The second-order valence-corrected chi connectivity index (χ2v) is 2.41. The summed E-state index contributed by atoms with van der Waals surface area (Å²) in [6.45, 7) is 1.78. The van der Waals surface area contributed by atoms with Crippen LogP contribution in [0, 0.1) is 11.3 Å². The highest BCUT2D eigenvalue weighted by Gasteiger charge is 2.07. The summed E-state index contributed by atoms with van der Waals surface area (Å²) in [6, 6.07) is 1.86. The van der Waals surface area contributed by atoms with Gasteiger partial charge in [0.25, 0.3) is 0 Å². The first kappa shape index (κ1) is 11.0. The van der Waals surface area contributed by atoms with Gasteiger partial charge in [0.15, 0.2) is 6.29 Å². The van der Waals surface area contributed by atoms with Gasteiger partial charge in [-0.05, 0) is 12.5 Å². The second kappa shape index (κ2) is 5.58. The number of methoxy groups -OCH3 is 2. The molecule has 4 heteroatoms. The Morgan fingerprint density at radius 2 is 2.00 bits per heavy atom. The van der Waals surface area contributed by atoms with E-state index < -0.39 is 0 Å². The molecule has 0 fully saturated rings. The van der Waals surface area contributed by atoms with Crippen LogP contribution in [0.15, 0.2) is 11.3 Å². The molecule has 0 heterocycles. The van der Waals surface area contributed by atoms with Crippen LogP contribution in [0.2, 0.25) is 0 Å². The molecule has 0 aromatic carbocycles. The predicted octanol–water partition coefficient (Wildman–Crippen LogP) is 0.752. The molecule has 12 heavy (non-hydrogen) atoms. The van der Waals surface area contributed by atoms with E-state index in [1.165, 1.54) is 0 Å². The topological polar surface area (TPSA) is 68.3 Å². The van der Waals surface area contributed by atoms with Crippen LogP contribution in [0.5, 0.6) is 0 Å². The molecule has 0 atom stereocenters. The Kier molecular flexibility index (Phi) is 5.09. The molecule has 0 bridgehead atoms. The van der Waals surface area contributed by atoms with Crippen molar-refractivity contribution in [3.05, 3.63) is 11.3 Å². The van der Waals surface area contributed by atoms with Gasteiger partial charge in [-0.15, -0.1) is 0 Å². The summed E-state index contributed by atoms with van der Waals surface area (Å²) in [5.41, 5.74) is 6.40. The zero-order valence-electron chi connectivity index (χ0n) is 7.63. The van der Waals surface area contributed by atoms with E-state index in [-0.39, 0.29) is 12.0 Å². The minimum absolute atomic E-state index is 0.231. The van der Waals surface area contributed by atoms with Crippen LogP contribution in [-0.2, 0) is 9.47 Å². The van der Waals surface area contributed by atoms with E-state index in [0.717, 1.165) is 5.57 Å². The fraction of sp³-hybridized carbons (Fsp3) is 0.625. The van der Waals surface area contributed by atoms with Crippen molar-refractivity contribution in [1.29, 1.82) is 5.26 Å². The van der Waals surface area contributed by atoms with Gasteiger partial charge >= 0.3 is 0 Å². The number of nitrogens with two attached hydrogens (primary N) is 1. The Balaban J connectivity index is 4.17. The highest BCUT2D eigenvalue weighted by molar-refractivity contribution is 5.22. The third-order valence-electron chi connectivity index (χ3n) is 1.58. The summed E-state index contributed by atoms with van der Waals surface area (Å²) in [5.74, 6) is 0. The maximum absolute atomic E-state index is 8.45. The minimum atomic E-state index is -0.322. The molecule has 0 amide bonds. The van der Waals surface area contributed by atoms with Gasteiger partial charge in [-0.3, -0.25) is 0 Å². The first-order valence-electron chi connectivity index (χ1n) is 3.56. The number of nitriles is 1. The van der Waals surface area contributed by atoms with Crippen LogP contribution < -0.4 is 5.73 Å². The Morgan fingerprint density at radius 1 is 1.50 bits per heavy atom. The molecule has 0 radical (unpaired) electrons. The molecule has 4 nitrogen and oxygen atoms in total. The number of ether oxygens (including phenoxy) is 2. The van der Waals surface area contributed by atoms with Crippen LogP contribution in [0.3, 0.4) is 0 Å². The Morgan fingerprint density at radius 3 is 2.33 bits per heavy atom. The molecule has 0 aromatic heterocycles. The van der Waals surface area contributed by atoms with Crippen LogP contribution in [0.4, 0.5) is 0 Å². The molecule has 0 saturated carbocycles. The zero-order chi connectivity index (χ0) is 9.56. The number of allylic oxidation sites excluding steroid dienone is 1. The van der Waals surface area contributed by atoms with E-state index in [1.807, 2.05) is 6.07 Å². The van der Waals surface area contributed by atoms with Gasteiger partial charge in [-0.25, -0.2) is 0 Å². The Hall–Kier alpha value is -1.05. The van der Waals surface area contributed by atoms with Gasteiger partial charge in [-0.2, -0.15) is 5.26 Å². The first-order chi connectivity index (χ1) is 5.65. The van der Waals surface area contributed by atoms with Crippen molar-refractivity contribution < 1.29 is 9.47 Å². The largest absolute Gasteiger partial charge is 0.390 e. The molecule has 0 aliphatic heterocycles. The second-order valence-electron chi connectivity index (χ2n) is 2.41. The fourth-order valence-electron chi connectivity index (χ4n) is 0.718. The molecule has 0 unspecified atom stereocenters. The molecule has 2 N–H and O–H groups in total. The van der Waals surface area contributed by atoms with Gasteiger partial charge in [0.05, 0.1) is 0 Å². The highest BCUT2D eigenvalue weighted by atomic mass is 16.7. The molecule has 0 spiro atoms. The summed E-state index contributed by atoms with van der Waals surface area (Å²) in [4.78, 5) is 0. The van der Waals surface area contributed by atoms with Crippen molar-refractivity contribution in [2.24, 2.45) is 5.73 Å². The van der Waals surface area contributed by atoms with Crippen molar-refractivity contribution >= 4 is 0 Å². The number of rotatable bonds is 4. The lowest BCUT2D eigenvalue weighted by Gasteiger charge is -2.13. The lowest BCUT2D eigenvalue weighted by molar-refractivity contribution is -0.100. The highest BCUT2D eigenvalue weighted by Crippen LogP contribution is 2.09. The van der Waals surface area contributed by atoms with E-state index >= 15 is 0 Å². The zero-order valence-corrected chi connectivity index (χ0v) is 7.63. The lowest BCUT2D eigenvalue weighted by Crippen LogP contribution is -2.14. The average Bonchev–Trinajstić information content (AvgIpc) is 2.12. The molecular formula is C8H14N2O2. The summed E-state index contributed by atoms with van der Waals surface area (Å²) in [7, 11) is 3.09. The van der Waals surface area contributed by atoms with Gasteiger partial charge < -0.3 is 15.2 Å². The smallest absolute Gasteiger partial charge is 0.160 e. The van der Waals surface area contributed by atoms with E-state index in [9.17, 15) is 0 Å². The van der Waals surface area contributed by atoms with E-state index in [0.29, 0.717) is 6.42 Å². The van der Waals surface area contributed by atoms with E-state index in [4.69, 9.17) is 20.5 Å². The molecule has 0 aliphatic carbocycles. The molecular weight excluding hydrogens is 156 g/mol. The first-order valence-corrected chi connectivity index (χ1v) is 3.56. The monoisotopic (exact) mass is 170 g/mol. The fourth-order valence-corrected chi connectivity index (χ4v) is 0.718. The molecule has 0 aliphatic rings. The third-order valence-corrected chi connectivity index (χ3v) is 1.58. The molecule has 68 valence electrons. The molecule has 0 rings (SSSR count). The van der Waals surface area contributed by atoms with Crippen LogP contribution in [0.1, 0.15) is 13.3 Å². The van der Waals surface area contributed by atoms with Crippen molar-refractivity contribution in [3.63, 3.8) is 0 Å². The van der Waals surface area contributed by atoms with Crippen molar-refractivity contribution in [2.45, 2.75) is 19.6 Å². The summed E-state index contributed by atoms with van der Waals surface area (Å²) in [5, 5.41) is 8.45. The number of hydrogen-bond donors (Lipinski definition) is 1. The van der Waals surface area contributed by atoms with Crippen molar-refractivity contribution in [1.82, 2.24) is 0 Å². The van der Waals surface area contributed by atoms with Gasteiger partial charge in [0.1, 0.15) is 11.8 Å². The standard InChI is InChI=1S/C8H14N2O2/c1-6(7(10)5-9)4-8(11-2)12-3/h8H,4,10H2,1-3H3/b7-6-. The van der Waals surface area contributed by atoms with E-state index in [2.05, 4.69) is 0 Å². The lowest BCUT2D eigenvalue weighted by atomic mass is 10.2. The normalized spacial score (nSPS) is 12.6. The maximum Gasteiger partial charge on any atom is 0.160 e. The van der Waals surface area contributed by atoms with Crippen molar-refractivity contribution in [3.8, 4) is 6.07 Å². The molecule has 0 saturated heterocycles. The number of hydrogen-bond acceptors (Lipinski definition) is 4. The minimum Gasteiger partial charge on any atom is -0.390 e. The third kappa shape index (κ3) is 3.37. The van der Waals surface area contributed by atoms with Gasteiger partial charge in [0, 0.05) is 20.6 Å². The van der Waals surface area contributed by atoms with Crippen LogP contribution in [-0.4, -0.2) is 20.5 Å².